The van der Waals surface area contributed by atoms with E-state index < -0.39 is 0 Å². The molecule has 0 fully saturated rings. The van der Waals surface area contributed by atoms with Crippen molar-refractivity contribution in [3.63, 3.8) is 0 Å². The topological polar surface area (TPSA) is 0 Å². The van der Waals surface area contributed by atoms with Gasteiger partial charge in [-0.1, -0.05) is 98.0 Å². The fourth-order valence-corrected chi connectivity index (χ4v) is 3.16. The largest absolute Gasteiger partial charge is 4.00 e. The molecular weight excluding hydrogens is 406 g/mol. The van der Waals surface area contributed by atoms with Gasteiger partial charge in [0.05, 0.1) is 0 Å². The van der Waals surface area contributed by atoms with Crippen LogP contribution in [0.2, 0.25) is 0 Å². The van der Waals surface area contributed by atoms with Crippen molar-refractivity contribution < 1.29 is 58.9 Å². The molecule has 1 aliphatic carbocycles. The predicted molar refractivity (Wildman–Crippen MR) is 89.1 cm³/mol. The summed E-state index contributed by atoms with van der Waals surface area (Å²) in [6.45, 7) is 2.24. The van der Waals surface area contributed by atoms with E-state index in [-0.39, 0.29) is 58.9 Å². The zero-order valence-corrected chi connectivity index (χ0v) is 18.0. The summed E-state index contributed by atoms with van der Waals surface area (Å²) < 4.78 is 0. The summed E-state index contributed by atoms with van der Waals surface area (Å²) in [6, 6.07) is 21.7. The molecule has 0 radical (unpaired) electrons. The second-order valence-corrected chi connectivity index (χ2v) is 5.56. The number of hydrogen-bond acceptors (Lipinski definition) is 0. The number of hydrogen-bond donors (Lipinski definition) is 0. The maximum atomic E-state index is 3.48. The van der Waals surface area contributed by atoms with Crippen molar-refractivity contribution in [3.8, 4) is 0 Å². The Balaban J connectivity index is 0. The Kier molecular flexibility index (Phi) is 14.6. The van der Waals surface area contributed by atoms with Gasteiger partial charge in [0.25, 0.3) is 0 Å². The van der Waals surface area contributed by atoms with Gasteiger partial charge in [-0.3, -0.25) is 6.08 Å². The Hall–Kier alpha value is -0.496. The molecule has 0 unspecified atom stereocenters. The van der Waals surface area contributed by atoms with Gasteiger partial charge in [0.15, 0.2) is 0 Å². The molecule has 0 saturated carbocycles. The van der Waals surface area contributed by atoms with Crippen LogP contribution in [0, 0.1) is 6.08 Å². The van der Waals surface area contributed by atoms with Crippen molar-refractivity contribution in [2.45, 2.75) is 32.1 Å². The van der Waals surface area contributed by atoms with Crippen LogP contribution in [0.3, 0.4) is 0 Å². The molecule has 0 bridgehead atoms. The molecular formula is C21H21Cl3Ti. The standard InChI is InChI=1S/C21H21.3ClH.Ti/c1-2-10-17-15-9-16-20(17)21(18-11-5-3-6-12-18)19-13-7-4-8-14-19;;;;/h3-9,11-14,21H,2,10,16H2,1H3;3*1H;/q-1;;;;+4/p-3. The Morgan fingerprint density at radius 2 is 1.32 bits per heavy atom. The molecule has 0 nitrogen and oxygen atoms in total. The maximum absolute atomic E-state index is 3.48. The van der Waals surface area contributed by atoms with Gasteiger partial charge in [-0.05, 0) is 5.92 Å². The third kappa shape index (κ3) is 6.63. The normalized spacial score (nSPS) is 11.9. The van der Waals surface area contributed by atoms with Gasteiger partial charge in [0.1, 0.15) is 0 Å². The molecule has 0 saturated heterocycles. The van der Waals surface area contributed by atoms with Crippen LogP contribution in [0.1, 0.15) is 43.2 Å². The first-order valence-corrected chi connectivity index (χ1v) is 7.80. The average Bonchev–Trinajstić information content (AvgIpc) is 2.98. The first-order chi connectivity index (χ1) is 10.4. The van der Waals surface area contributed by atoms with Crippen molar-refractivity contribution in [1.29, 1.82) is 0 Å². The number of rotatable bonds is 5. The predicted octanol–water partition coefficient (Wildman–Crippen LogP) is -3.31. The van der Waals surface area contributed by atoms with E-state index in [1.165, 1.54) is 28.7 Å². The van der Waals surface area contributed by atoms with E-state index in [4.69, 9.17) is 0 Å². The van der Waals surface area contributed by atoms with E-state index in [0.29, 0.717) is 5.92 Å². The summed E-state index contributed by atoms with van der Waals surface area (Å²) in [5.74, 6) is 0.361. The van der Waals surface area contributed by atoms with Crippen molar-refractivity contribution in [1.82, 2.24) is 0 Å². The number of allylic oxidation sites excluding steroid dienone is 4. The summed E-state index contributed by atoms with van der Waals surface area (Å²) in [7, 11) is 0. The molecule has 25 heavy (non-hydrogen) atoms. The second kappa shape index (κ2) is 13.7. The SMILES string of the molecule is CCCC1=C(C(c2ccccc2)c2ccccc2)CC=[C-]1.[Cl-].[Cl-].[Cl-].[Ti+4]. The van der Waals surface area contributed by atoms with E-state index in [1.807, 2.05) is 0 Å². The third-order valence-corrected chi connectivity index (χ3v) is 4.10. The monoisotopic (exact) mass is 426 g/mol. The molecule has 2 aromatic carbocycles. The van der Waals surface area contributed by atoms with Crippen molar-refractivity contribution in [2.75, 3.05) is 0 Å². The van der Waals surface area contributed by atoms with Crippen LogP contribution in [-0.2, 0) is 21.7 Å². The Labute approximate surface area is 185 Å². The molecule has 4 heteroatoms. The van der Waals surface area contributed by atoms with E-state index in [1.54, 1.807) is 0 Å². The van der Waals surface area contributed by atoms with Gasteiger partial charge in [-0.15, -0.1) is 0 Å². The second-order valence-electron chi connectivity index (χ2n) is 5.56. The van der Waals surface area contributed by atoms with Crippen LogP contribution in [0.15, 0.2) is 77.9 Å². The van der Waals surface area contributed by atoms with Gasteiger partial charge >= 0.3 is 21.7 Å². The van der Waals surface area contributed by atoms with Crippen LogP contribution in [-0.4, -0.2) is 0 Å². The Morgan fingerprint density at radius 1 is 0.840 bits per heavy atom. The van der Waals surface area contributed by atoms with Crippen molar-refractivity contribution in [3.05, 3.63) is 95.1 Å². The van der Waals surface area contributed by atoms with Gasteiger partial charge in [-0.25, -0.2) is 5.57 Å². The minimum atomic E-state index is 0. The molecule has 1 aliphatic rings. The maximum Gasteiger partial charge on any atom is 4.00 e. The molecule has 0 spiro atoms. The van der Waals surface area contributed by atoms with Crippen LogP contribution in [0.4, 0.5) is 0 Å². The summed E-state index contributed by atoms with van der Waals surface area (Å²) in [6.07, 6.45) is 9.01. The minimum Gasteiger partial charge on any atom is -1.00 e. The zero-order valence-electron chi connectivity index (χ0n) is 14.2. The van der Waals surface area contributed by atoms with E-state index >= 15 is 0 Å². The van der Waals surface area contributed by atoms with Gasteiger partial charge in [0.2, 0.25) is 0 Å². The Bertz CT molecular complexity index is 612. The van der Waals surface area contributed by atoms with Crippen molar-refractivity contribution in [2.24, 2.45) is 0 Å². The third-order valence-electron chi connectivity index (χ3n) is 4.10. The molecule has 0 aromatic heterocycles. The van der Waals surface area contributed by atoms with Gasteiger partial charge in [-0.2, -0.15) is 11.6 Å². The Morgan fingerprint density at radius 3 is 1.76 bits per heavy atom. The summed E-state index contributed by atoms with van der Waals surface area (Å²) in [5, 5.41) is 0. The van der Waals surface area contributed by atoms with Gasteiger partial charge < -0.3 is 37.2 Å². The molecule has 0 aliphatic heterocycles. The number of benzene rings is 2. The van der Waals surface area contributed by atoms with E-state index in [9.17, 15) is 0 Å². The molecule has 2 aromatic rings. The van der Waals surface area contributed by atoms with Crippen LogP contribution < -0.4 is 37.2 Å². The molecule has 0 amide bonds. The summed E-state index contributed by atoms with van der Waals surface area (Å²) in [5.41, 5.74) is 5.69. The van der Waals surface area contributed by atoms with Crippen LogP contribution in [0.5, 0.6) is 0 Å². The first kappa shape index (κ1) is 26.7. The zero-order chi connectivity index (χ0) is 14.5. The molecule has 3 rings (SSSR count). The van der Waals surface area contributed by atoms with E-state index in [2.05, 4.69) is 79.7 Å². The summed E-state index contributed by atoms with van der Waals surface area (Å²) in [4.78, 5) is 0. The first-order valence-electron chi connectivity index (χ1n) is 7.80. The molecule has 0 N–H and O–H groups in total. The van der Waals surface area contributed by atoms with E-state index in [0.717, 1.165) is 12.8 Å². The van der Waals surface area contributed by atoms with Crippen LogP contribution >= 0.6 is 0 Å². The summed E-state index contributed by atoms with van der Waals surface area (Å²) >= 11 is 0. The fourth-order valence-electron chi connectivity index (χ4n) is 3.16. The smallest absolute Gasteiger partial charge is 1.00 e. The fraction of sp³-hybridized carbons (Fsp3) is 0.238. The molecule has 0 heterocycles. The van der Waals surface area contributed by atoms with Crippen molar-refractivity contribution >= 4 is 0 Å². The van der Waals surface area contributed by atoms with Gasteiger partial charge in [0, 0.05) is 0 Å². The average molecular weight is 428 g/mol. The quantitative estimate of drug-likeness (QED) is 0.346. The minimum absolute atomic E-state index is 0. The molecule has 130 valence electrons. The number of halogens is 3. The molecule has 0 atom stereocenters. The van der Waals surface area contributed by atoms with Crippen LogP contribution in [0.25, 0.3) is 0 Å².